The largest absolute Gasteiger partial charge is 0.507 e. The number of nitrogens with zero attached hydrogens (tertiary/aromatic N) is 2. The van der Waals surface area contributed by atoms with Crippen LogP contribution in [-0.4, -0.2) is 53.8 Å². The van der Waals surface area contributed by atoms with Crippen LogP contribution in [0.15, 0.2) is 72.3 Å². The summed E-state index contributed by atoms with van der Waals surface area (Å²) in [6.45, 7) is 3.22. The van der Waals surface area contributed by atoms with E-state index in [-0.39, 0.29) is 11.3 Å². The van der Waals surface area contributed by atoms with Crippen LogP contribution < -0.4 is 0 Å². The quantitative estimate of drug-likeness (QED) is 0.356. The summed E-state index contributed by atoms with van der Waals surface area (Å²) in [6, 6.07) is 20.6. The summed E-state index contributed by atoms with van der Waals surface area (Å²) in [5.41, 5.74) is 2.55. The number of aliphatic hydroxyl groups is 1. The van der Waals surface area contributed by atoms with Gasteiger partial charge in [-0.15, -0.1) is 0 Å². The molecule has 0 aliphatic carbocycles. The van der Waals surface area contributed by atoms with Crippen molar-refractivity contribution < 1.29 is 14.7 Å². The van der Waals surface area contributed by atoms with Crippen LogP contribution in [0.5, 0.6) is 0 Å². The molecule has 0 bridgehead atoms. The van der Waals surface area contributed by atoms with Gasteiger partial charge in [-0.05, 0) is 56.4 Å². The predicted molar refractivity (Wildman–Crippen MR) is 127 cm³/mol. The van der Waals surface area contributed by atoms with Crippen molar-refractivity contribution in [2.24, 2.45) is 0 Å². The summed E-state index contributed by atoms with van der Waals surface area (Å²) in [5.74, 6) is -1.32. The molecule has 1 amide bonds. The van der Waals surface area contributed by atoms with Crippen LogP contribution >= 0.6 is 0 Å². The number of rotatable bonds is 6. The highest BCUT2D eigenvalue weighted by Gasteiger charge is 2.45. The van der Waals surface area contributed by atoms with E-state index in [4.69, 9.17) is 0 Å². The molecule has 0 spiro atoms. The number of Topliss-reactive ketones (excluding diaryl/α,β-unsaturated/α-hetero) is 1. The third kappa shape index (κ3) is 4.16. The first kappa shape index (κ1) is 21.8. The Morgan fingerprint density at radius 2 is 1.72 bits per heavy atom. The van der Waals surface area contributed by atoms with Crippen LogP contribution in [0.4, 0.5) is 0 Å². The number of likely N-dealkylation sites (tertiary alicyclic amines) is 1. The molecule has 1 fully saturated rings. The fourth-order valence-corrected chi connectivity index (χ4v) is 4.35. The van der Waals surface area contributed by atoms with Crippen molar-refractivity contribution in [2.75, 3.05) is 27.2 Å². The Morgan fingerprint density at radius 3 is 2.44 bits per heavy atom. The van der Waals surface area contributed by atoms with Crippen LogP contribution in [0.25, 0.3) is 16.5 Å². The maximum absolute atomic E-state index is 13.1. The molecule has 1 aliphatic rings. The molecule has 1 heterocycles. The molecule has 1 N–H and O–H groups in total. The molecule has 164 valence electrons. The fourth-order valence-electron chi connectivity index (χ4n) is 4.35. The first-order valence-corrected chi connectivity index (χ1v) is 10.9. The standard InChI is InChI=1S/C27H28N2O3/c1-18-8-6-11-21(16-18)24-23(26(31)27(32)29(24)15-7-14-28(2)3)25(30)22-13-12-19-9-4-5-10-20(19)17-22/h4-6,8-13,16-17,24,30H,7,14-15H2,1-3H3/b25-23-. The minimum absolute atomic E-state index is 0.129. The Hall–Kier alpha value is -3.44. The van der Waals surface area contributed by atoms with Gasteiger partial charge in [0, 0.05) is 12.1 Å². The van der Waals surface area contributed by atoms with Crippen LogP contribution in [0.3, 0.4) is 0 Å². The van der Waals surface area contributed by atoms with E-state index < -0.39 is 17.7 Å². The van der Waals surface area contributed by atoms with Crippen LogP contribution in [0, 0.1) is 6.92 Å². The SMILES string of the molecule is Cc1cccc(C2/C(=C(/O)c3ccc4ccccc4c3)C(=O)C(=O)N2CCCN(C)C)c1. The molecule has 1 saturated heterocycles. The molecule has 0 saturated carbocycles. The molecule has 4 rings (SSSR count). The molecule has 3 aromatic rings. The number of carbonyl (C=O) groups is 2. The monoisotopic (exact) mass is 428 g/mol. The smallest absolute Gasteiger partial charge is 0.295 e. The summed E-state index contributed by atoms with van der Waals surface area (Å²) < 4.78 is 0. The number of hydrogen-bond donors (Lipinski definition) is 1. The Kier molecular flexibility index (Phi) is 6.10. The average Bonchev–Trinajstić information content (AvgIpc) is 3.03. The molecule has 1 atom stereocenters. The minimum atomic E-state index is -0.632. The van der Waals surface area contributed by atoms with Crippen LogP contribution in [-0.2, 0) is 9.59 Å². The highest BCUT2D eigenvalue weighted by atomic mass is 16.3. The summed E-state index contributed by atoms with van der Waals surface area (Å²) >= 11 is 0. The van der Waals surface area contributed by atoms with Gasteiger partial charge in [0.1, 0.15) is 5.76 Å². The van der Waals surface area contributed by atoms with E-state index in [2.05, 4.69) is 0 Å². The number of hydrogen-bond acceptors (Lipinski definition) is 4. The van der Waals surface area contributed by atoms with Gasteiger partial charge in [0.15, 0.2) is 0 Å². The summed E-state index contributed by atoms with van der Waals surface area (Å²) in [6.07, 6.45) is 0.734. The summed E-state index contributed by atoms with van der Waals surface area (Å²) in [5, 5.41) is 13.3. The number of carbonyl (C=O) groups excluding carboxylic acids is 2. The zero-order valence-corrected chi connectivity index (χ0v) is 18.7. The number of ketones is 1. The second-order valence-electron chi connectivity index (χ2n) is 8.63. The first-order chi connectivity index (χ1) is 15.4. The number of aryl methyl sites for hydroxylation is 1. The van der Waals surface area contributed by atoms with Gasteiger partial charge >= 0.3 is 0 Å². The van der Waals surface area contributed by atoms with Crippen molar-refractivity contribution in [1.82, 2.24) is 9.80 Å². The average molecular weight is 429 g/mol. The number of amides is 1. The van der Waals surface area contributed by atoms with Crippen molar-refractivity contribution in [2.45, 2.75) is 19.4 Å². The van der Waals surface area contributed by atoms with E-state index in [0.29, 0.717) is 12.1 Å². The van der Waals surface area contributed by atoms with Crippen LogP contribution in [0.1, 0.15) is 29.2 Å². The van der Waals surface area contributed by atoms with Crippen LogP contribution in [0.2, 0.25) is 0 Å². The Morgan fingerprint density at radius 1 is 0.969 bits per heavy atom. The zero-order valence-electron chi connectivity index (χ0n) is 18.7. The predicted octanol–water partition coefficient (Wildman–Crippen LogP) is 4.52. The van der Waals surface area contributed by atoms with E-state index in [1.807, 2.05) is 86.6 Å². The maximum atomic E-state index is 13.1. The zero-order chi connectivity index (χ0) is 22.8. The van der Waals surface area contributed by atoms with E-state index in [0.717, 1.165) is 34.9 Å². The Bertz CT molecular complexity index is 1210. The maximum Gasteiger partial charge on any atom is 0.295 e. The summed E-state index contributed by atoms with van der Waals surface area (Å²) in [4.78, 5) is 29.8. The van der Waals surface area contributed by atoms with E-state index in [9.17, 15) is 14.7 Å². The molecule has 1 unspecified atom stereocenters. The summed E-state index contributed by atoms with van der Waals surface area (Å²) in [7, 11) is 3.96. The molecule has 5 heteroatoms. The molecule has 1 aliphatic heterocycles. The van der Waals surface area contributed by atoms with E-state index >= 15 is 0 Å². The van der Waals surface area contributed by atoms with Gasteiger partial charge in [0.2, 0.25) is 0 Å². The molecule has 0 aromatic heterocycles. The van der Waals surface area contributed by atoms with Gasteiger partial charge in [0.05, 0.1) is 11.6 Å². The lowest BCUT2D eigenvalue weighted by Gasteiger charge is -2.26. The lowest BCUT2D eigenvalue weighted by molar-refractivity contribution is -0.139. The van der Waals surface area contributed by atoms with Gasteiger partial charge in [-0.2, -0.15) is 0 Å². The Balaban J connectivity index is 1.82. The third-order valence-electron chi connectivity index (χ3n) is 5.93. The normalized spacial score (nSPS) is 18.1. The van der Waals surface area contributed by atoms with Crippen molar-refractivity contribution in [3.05, 3.63) is 89.0 Å². The van der Waals surface area contributed by atoms with Crippen molar-refractivity contribution in [3.63, 3.8) is 0 Å². The topological polar surface area (TPSA) is 60.9 Å². The molecular formula is C27H28N2O3. The highest BCUT2D eigenvalue weighted by Crippen LogP contribution is 2.40. The Labute approximate surface area is 188 Å². The van der Waals surface area contributed by atoms with Gasteiger partial charge in [-0.1, -0.05) is 66.2 Å². The number of aliphatic hydroxyl groups excluding tert-OH is 1. The third-order valence-corrected chi connectivity index (χ3v) is 5.93. The molecular weight excluding hydrogens is 400 g/mol. The minimum Gasteiger partial charge on any atom is -0.507 e. The molecule has 0 radical (unpaired) electrons. The second-order valence-corrected chi connectivity index (χ2v) is 8.63. The van der Waals surface area contributed by atoms with Gasteiger partial charge in [0.25, 0.3) is 11.7 Å². The molecule has 3 aromatic carbocycles. The van der Waals surface area contributed by atoms with E-state index in [1.54, 1.807) is 11.0 Å². The highest BCUT2D eigenvalue weighted by molar-refractivity contribution is 6.46. The number of benzene rings is 3. The second kappa shape index (κ2) is 8.97. The van der Waals surface area contributed by atoms with Gasteiger partial charge in [-0.25, -0.2) is 0 Å². The lowest BCUT2D eigenvalue weighted by atomic mass is 9.93. The van der Waals surface area contributed by atoms with Crippen molar-refractivity contribution in [3.8, 4) is 0 Å². The van der Waals surface area contributed by atoms with Gasteiger partial charge in [-0.3, -0.25) is 9.59 Å². The van der Waals surface area contributed by atoms with E-state index in [1.165, 1.54) is 0 Å². The lowest BCUT2D eigenvalue weighted by Crippen LogP contribution is -2.32. The van der Waals surface area contributed by atoms with Crippen molar-refractivity contribution in [1.29, 1.82) is 0 Å². The molecule has 5 nitrogen and oxygen atoms in total. The molecule has 32 heavy (non-hydrogen) atoms. The fraction of sp³-hybridized carbons (Fsp3) is 0.259. The van der Waals surface area contributed by atoms with Gasteiger partial charge < -0.3 is 14.9 Å². The van der Waals surface area contributed by atoms with Crippen molar-refractivity contribution >= 4 is 28.2 Å². The number of fused-ring (bicyclic) bond motifs is 1. The first-order valence-electron chi connectivity index (χ1n) is 10.9.